The lowest BCUT2D eigenvalue weighted by Gasteiger charge is -2.16. The quantitative estimate of drug-likeness (QED) is 0.701. The van der Waals surface area contributed by atoms with E-state index in [2.05, 4.69) is 31.5 Å². The van der Waals surface area contributed by atoms with Gasteiger partial charge in [-0.3, -0.25) is 4.79 Å². The first-order valence-electron chi connectivity index (χ1n) is 6.46. The second-order valence-corrected chi connectivity index (χ2v) is 7.22. The minimum absolute atomic E-state index is 0.0422. The third-order valence-electron chi connectivity index (χ3n) is 3.08. The number of benzene rings is 1. The summed E-state index contributed by atoms with van der Waals surface area (Å²) in [6, 6.07) is 11.2. The van der Waals surface area contributed by atoms with Gasteiger partial charge in [0, 0.05) is 17.5 Å². The minimum Gasteiger partial charge on any atom is -0.337 e. The zero-order chi connectivity index (χ0) is 15.5. The number of carbonyl (C=O) groups is 1. The summed E-state index contributed by atoms with van der Waals surface area (Å²) in [5.74, 6) is -0.0422. The Morgan fingerprint density at radius 1 is 1.36 bits per heavy atom. The zero-order valence-corrected chi connectivity index (χ0v) is 14.1. The second kappa shape index (κ2) is 6.37. The summed E-state index contributed by atoms with van der Waals surface area (Å²) in [7, 11) is 1.79. The van der Waals surface area contributed by atoms with Crippen LogP contribution in [0.1, 0.15) is 15.2 Å². The Balaban J connectivity index is 1.78. The van der Waals surface area contributed by atoms with E-state index in [-0.39, 0.29) is 5.91 Å². The molecule has 0 atom stereocenters. The number of thiophene rings is 1. The van der Waals surface area contributed by atoms with Crippen LogP contribution in [0.2, 0.25) is 0 Å². The van der Waals surface area contributed by atoms with Crippen LogP contribution in [-0.4, -0.2) is 38.1 Å². The number of rotatable bonds is 4. The summed E-state index contributed by atoms with van der Waals surface area (Å²) in [4.78, 5) is 15.4. The van der Waals surface area contributed by atoms with E-state index in [1.807, 2.05) is 24.3 Å². The van der Waals surface area contributed by atoms with Gasteiger partial charge >= 0.3 is 0 Å². The molecule has 2 heterocycles. The molecule has 6 nitrogen and oxygen atoms in total. The predicted molar refractivity (Wildman–Crippen MR) is 87.0 cm³/mol. The molecule has 0 saturated carbocycles. The number of amides is 1. The van der Waals surface area contributed by atoms with Gasteiger partial charge in [0.15, 0.2) is 0 Å². The van der Waals surface area contributed by atoms with Crippen molar-refractivity contribution < 1.29 is 4.79 Å². The fourth-order valence-electron chi connectivity index (χ4n) is 2.02. The maximum absolute atomic E-state index is 12.5. The molecule has 22 heavy (non-hydrogen) atoms. The summed E-state index contributed by atoms with van der Waals surface area (Å²) in [5, 5.41) is 11.0. The van der Waals surface area contributed by atoms with Crippen molar-refractivity contribution in [3.63, 3.8) is 0 Å². The van der Waals surface area contributed by atoms with Crippen LogP contribution >= 0.6 is 27.3 Å². The summed E-state index contributed by atoms with van der Waals surface area (Å²) >= 11 is 5.05. The highest BCUT2D eigenvalue weighted by Gasteiger charge is 2.14. The fraction of sp³-hybridized carbons (Fsp3) is 0.143. The summed E-state index contributed by atoms with van der Waals surface area (Å²) in [5.41, 5.74) is 1.36. The number of tetrazole rings is 1. The Hall–Kier alpha value is -2.06. The van der Waals surface area contributed by atoms with E-state index in [4.69, 9.17) is 0 Å². The van der Waals surface area contributed by atoms with E-state index in [1.54, 1.807) is 35.4 Å². The van der Waals surface area contributed by atoms with Gasteiger partial charge in [-0.25, -0.2) is 4.68 Å². The number of hydrogen-bond donors (Lipinski definition) is 0. The molecule has 3 rings (SSSR count). The van der Waals surface area contributed by atoms with Crippen molar-refractivity contribution in [2.75, 3.05) is 7.05 Å². The molecule has 0 radical (unpaired) electrons. The standard InChI is InChI=1S/C14H12BrN5OS/c1-19(8-12-5-6-13(15)22-12)14(21)10-3-2-4-11(7-10)20-9-16-17-18-20/h2-7,9H,8H2,1H3. The molecular weight excluding hydrogens is 366 g/mol. The Morgan fingerprint density at radius 2 is 2.23 bits per heavy atom. The lowest BCUT2D eigenvalue weighted by Crippen LogP contribution is -2.25. The molecule has 0 fully saturated rings. The molecule has 3 aromatic rings. The van der Waals surface area contributed by atoms with Crippen molar-refractivity contribution in [1.29, 1.82) is 0 Å². The maximum Gasteiger partial charge on any atom is 0.253 e. The first-order chi connectivity index (χ1) is 10.6. The highest BCUT2D eigenvalue weighted by Crippen LogP contribution is 2.23. The first kappa shape index (κ1) is 14.9. The SMILES string of the molecule is CN(Cc1ccc(Br)s1)C(=O)c1cccc(-n2cnnn2)c1. The predicted octanol–water partition coefficient (Wildman–Crippen LogP) is 2.76. The topological polar surface area (TPSA) is 63.9 Å². The Bertz CT molecular complexity index is 786. The van der Waals surface area contributed by atoms with E-state index >= 15 is 0 Å². The van der Waals surface area contributed by atoms with Gasteiger partial charge in [0.25, 0.3) is 5.91 Å². The van der Waals surface area contributed by atoms with E-state index in [1.165, 1.54) is 11.0 Å². The normalized spacial score (nSPS) is 10.6. The Labute approximate surface area is 139 Å². The van der Waals surface area contributed by atoms with E-state index in [9.17, 15) is 4.79 Å². The second-order valence-electron chi connectivity index (χ2n) is 4.67. The van der Waals surface area contributed by atoms with Crippen LogP contribution < -0.4 is 0 Å². The van der Waals surface area contributed by atoms with Crippen LogP contribution in [0.5, 0.6) is 0 Å². The molecule has 8 heteroatoms. The van der Waals surface area contributed by atoms with Gasteiger partial charge in [-0.1, -0.05) is 6.07 Å². The molecule has 2 aromatic heterocycles. The summed E-state index contributed by atoms with van der Waals surface area (Å²) < 4.78 is 2.58. The number of halogens is 1. The summed E-state index contributed by atoms with van der Waals surface area (Å²) in [6.45, 7) is 0.574. The van der Waals surface area contributed by atoms with E-state index in [0.717, 1.165) is 14.4 Å². The van der Waals surface area contributed by atoms with Crippen LogP contribution in [0.3, 0.4) is 0 Å². The van der Waals surface area contributed by atoms with Gasteiger partial charge in [-0.05, 0) is 56.7 Å². The van der Waals surface area contributed by atoms with Gasteiger partial charge in [0.1, 0.15) is 6.33 Å². The van der Waals surface area contributed by atoms with Gasteiger partial charge in [0.05, 0.1) is 16.0 Å². The molecule has 0 saturated heterocycles. The van der Waals surface area contributed by atoms with Gasteiger partial charge in [0.2, 0.25) is 0 Å². The maximum atomic E-state index is 12.5. The Kier molecular flexibility index (Phi) is 4.30. The number of aromatic nitrogens is 4. The number of nitrogens with zero attached hydrogens (tertiary/aromatic N) is 5. The van der Waals surface area contributed by atoms with Crippen molar-refractivity contribution in [3.05, 3.63) is 57.0 Å². The molecule has 0 aliphatic heterocycles. The molecule has 0 aliphatic rings. The van der Waals surface area contributed by atoms with Gasteiger partial charge in [-0.2, -0.15) is 0 Å². The highest BCUT2D eigenvalue weighted by atomic mass is 79.9. The van der Waals surface area contributed by atoms with Crippen molar-refractivity contribution >= 4 is 33.2 Å². The summed E-state index contributed by atoms with van der Waals surface area (Å²) in [6.07, 6.45) is 1.50. The lowest BCUT2D eigenvalue weighted by atomic mass is 10.2. The highest BCUT2D eigenvalue weighted by molar-refractivity contribution is 9.11. The van der Waals surface area contributed by atoms with Gasteiger partial charge in [-0.15, -0.1) is 16.4 Å². The van der Waals surface area contributed by atoms with Crippen molar-refractivity contribution in [3.8, 4) is 5.69 Å². The average Bonchev–Trinajstić information content (AvgIpc) is 3.18. The third-order valence-corrected chi connectivity index (χ3v) is 4.68. The van der Waals surface area contributed by atoms with Crippen molar-refractivity contribution in [2.24, 2.45) is 0 Å². The molecule has 0 spiro atoms. The largest absolute Gasteiger partial charge is 0.337 e. The fourth-order valence-corrected chi connectivity index (χ4v) is 3.56. The smallest absolute Gasteiger partial charge is 0.253 e. The molecule has 1 amide bonds. The molecule has 0 N–H and O–H groups in total. The van der Waals surface area contributed by atoms with E-state index < -0.39 is 0 Å². The van der Waals surface area contributed by atoms with Gasteiger partial charge < -0.3 is 4.90 Å². The molecule has 112 valence electrons. The van der Waals surface area contributed by atoms with Crippen molar-refractivity contribution in [1.82, 2.24) is 25.1 Å². The molecule has 1 aromatic carbocycles. The van der Waals surface area contributed by atoms with Crippen LogP contribution in [0.25, 0.3) is 5.69 Å². The van der Waals surface area contributed by atoms with Crippen LogP contribution in [-0.2, 0) is 6.54 Å². The van der Waals surface area contributed by atoms with Crippen LogP contribution in [0.15, 0.2) is 46.5 Å². The zero-order valence-electron chi connectivity index (χ0n) is 11.7. The molecular formula is C14H12BrN5OS. The van der Waals surface area contributed by atoms with Crippen molar-refractivity contribution in [2.45, 2.75) is 6.54 Å². The van der Waals surface area contributed by atoms with E-state index in [0.29, 0.717) is 12.1 Å². The molecule has 0 bridgehead atoms. The number of hydrogen-bond acceptors (Lipinski definition) is 5. The number of carbonyl (C=O) groups excluding carboxylic acids is 1. The average molecular weight is 378 g/mol. The monoisotopic (exact) mass is 377 g/mol. The lowest BCUT2D eigenvalue weighted by molar-refractivity contribution is 0.0786. The van der Waals surface area contributed by atoms with Crippen LogP contribution in [0.4, 0.5) is 0 Å². The molecule has 0 aliphatic carbocycles. The first-order valence-corrected chi connectivity index (χ1v) is 8.07. The van der Waals surface area contributed by atoms with Crippen LogP contribution in [0, 0.1) is 0 Å². The third kappa shape index (κ3) is 3.23. The minimum atomic E-state index is -0.0422. The Morgan fingerprint density at radius 3 is 2.91 bits per heavy atom. The molecule has 0 unspecified atom stereocenters.